The van der Waals surface area contributed by atoms with Gasteiger partial charge in [-0.3, -0.25) is 0 Å². The van der Waals surface area contributed by atoms with Crippen LogP contribution in [0.2, 0.25) is 0 Å². The van der Waals surface area contributed by atoms with E-state index in [1.807, 2.05) is 0 Å². The van der Waals surface area contributed by atoms with Crippen molar-refractivity contribution >= 4 is 10.0 Å². The Morgan fingerprint density at radius 1 is 1.30 bits per heavy atom. The zero-order valence-corrected chi connectivity index (χ0v) is 6.95. The fourth-order valence-electron chi connectivity index (χ4n) is 1.41. The minimum Gasteiger partial charge on any atom is -0.228 e. The predicted molar refractivity (Wildman–Crippen MR) is 40.0 cm³/mol. The number of primary sulfonamides is 1. The molecule has 10 heavy (non-hydrogen) atoms. The molecule has 0 aliphatic heterocycles. The molecule has 0 saturated heterocycles. The summed E-state index contributed by atoms with van der Waals surface area (Å²) in [7, 11) is -3.30. The topological polar surface area (TPSA) is 60.2 Å². The van der Waals surface area contributed by atoms with Gasteiger partial charge in [-0.05, 0) is 19.8 Å². The van der Waals surface area contributed by atoms with Crippen molar-refractivity contribution < 1.29 is 8.42 Å². The smallest absolute Gasteiger partial charge is 0.214 e. The molecule has 60 valence electrons. The van der Waals surface area contributed by atoms with E-state index in [0.29, 0.717) is 0 Å². The summed E-state index contributed by atoms with van der Waals surface area (Å²) < 4.78 is 21.2. The van der Waals surface area contributed by atoms with E-state index >= 15 is 0 Å². The lowest BCUT2D eigenvalue weighted by atomic mass is 10.1. The molecular weight excluding hydrogens is 150 g/mol. The number of hydrogen-bond acceptors (Lipinski definition) is 2. The van der Waals surface area contributed by atoms with Gasteiger partial charge in [0.1, 0.15) is 0 Å². The normalized spacial score (nSPS) is 25.0. The molecule has 0 radical (unpaired) electrons. The molecule has 0 bridgehead atoms. The Balaban J connectivity index is 2.88. The molecule has 0 aromatic rings. The van der Waals surface area contributed by atoms with Crippen molar-refractivity contribution in [2.24, 2.45) is 5.14 Å². The lowest BCUT2D eigenvalue weighted by molar-refractivity contribution is 0.535. The first kappa shape index (κ1) is 8.01. The molecular formula is C6H13NO2S. The minimum atomic E-state index is -3.30. The van der Waals surface area contributed by atoms with E-state index in [-0.39, 0.29) is 0 Å². The number of hydrogen-bond donors (Lipinski definition) is 1. The van der Waals surface area contributed by atoms with Crippen molar-refractivity contribution in [3.05, 3.63) is 0 Å². The first-order valence-electron chi connectivity index (χ1n) is 3.48. The third-order valence-electron chi connectivity index (χ3n) is 2.35. The molecule has 3 nitrogen and oxygen atoms in total. The van der Waals surface area contributed by atoms with Crippen LogP contribution in [-0.2, 0) is 10.0 Å². The Hall–Kier alpha value is -0.0900. The van der Waals surface area contributed by atoms with Crippen LogP contribution in [0.5, 0.6) is 0 Å². The van der Waals surface area contributed by atoms with Crippen molar-refractivity contribution in [2.75, 3.05) is 0 Å². The summed E-state index contributed by atoms with van der Waals surface area (Å²) in [5, 5.41) is 5.05. The highest BCUT2D eigenvalue weighted by molar-refractivity contribution is 7.90. The highest BCUT2D eigenvalue weighted by Gasteiger charge is 2.38. The largest absolute Gasteiger partial charge is 0.228 e. The maximum atomic E-state index is 10.9. The molecule has 1 fully saturated rings. The third-order valence-corrected chi connectivity index (χ3v) is 4.13. The summed E-state index contributed by atoms with van der Waals surface area (Å²) in [5.41, 5.74) is 0. The van der Waals surface area contributed by atoms with E-state index in [1.54, 1.807) is 6.92 Å². The van der Waals surface area contributed by atoms with Crippen LogP contribution in [0.25, 0.3) is 0 Å². The van der Waals surface area contributed by atoms with Crippen LogP contribution in [-0.4, -0.2) is 13.2 Å². The van der Waals surface area contributed by atoms with E-state index in [1.165, 1.54) is 0 Å². The summed E-state index contributed by atoms with van der Waals surface area (Å²) in [6, 6.07) is 0. The fraction of sp³-hybridized carbons (Fsp3) is 1.00. The number of rotatable bonds is 1. The van der Waals surface area contributed by atoms with Crippen LogP contribution in [0, 0.1) is 0 Å². The molecule has 0 heterocycles. The highest BCUT2D eigenvalue weighted by atomic mass is 32.2. The van der Waals surface area contributed by atoms with Crippen LogP contribution in [0.3, 0.4) is 0 Å². The zero-order chi connectivity index (χ0) is 7.83. The predicted octanol–water partition coefficient (Wildman–Crippen LogP) is 0.608. The summed E-state index contributed by atoms with van der Waals surface area (Å²) in [6.45, 7) is 1.73. The van der Waals surface area contributed by atoms with E-state index in [9.17, 15) is 8.42 Å². The maximum Gasteiger partial charge on any atom is 0.214 e. The second-order valence-electron chi connectivity index (χ2n) is 3.20. The van der Waals surface area contributed by atoms with E-state index in [0.717, 1.165) is 25.7 Å². The Morgan fingerprint density at radius 3 is 1.90 bits per heavy atom. The van der Waals surface area contributed by atoms with Crippen molar-refractivity contribution in [1.82, 2.24) is 0 Å². The molecule has 2 N–H and O–H groups in total. The van der Waals surface area contributed by atoms with Gasteiger partial charge >= 0.3 is 0 Å². The molecule has 4 heteroatoms. The minimum absolute atomic E-state index is 0.618. The van der Waals surface area contributed by atoms with Crippen LogP contribution < -0.4 is 5.14 Å². The van der Waals surface area contributed by atoms with Gasteiger partial charge in [-0.15, -0.1) is 0 Å². The Labute approximate surface area is 61.7 Å². The first-order chi connectivity index (χ1) is 4.46. The summed E-state index contributed by atoms with van der Waals surface area (Å²) in [5.74, 6) is 0. The van der Waals surface area contributed by atoms with E-state index in [2.05, 4.69) is 0 Å². The molecule has 1 aliphatic rings. The average Bonchev–Trinajstić information content (AvgIpc) is 2.13. The Morgan fingerprint density at radius 2 is 1.70 bits per heavy atom. The van der Waals surface area contributed by atoms with Crippen molar-refractivity contribution in [1.29, 1.82) is 0 Å². The fourth-order valence-corrected chi connectivity index (χ4v) is 2.27. The van der Waals surface area contributed by atoms with Crippen LogP contribution >= 0.6 is 0 Å². The molecule has 0 unspecified atom stereocenters. The number of nitrogens with two attached hydrogens (primary N) is 1. The van der Waals surface area contributed by atoms with Gasteiger partial charge in [0.25, 0.3) is 0 Å². The molecule has 1 aliphatic carbocycles. The van der Waals surface area contributed by atoms with Crippen LogP contribution in [0.1, 0.15) is 32.6 Å². The van der Waals surface area contributed by atoms with Crippen LogP contribution in [0.15, 0.2) is 0 Å². The highest BCUT2D eigenvalue weighted by Crippen LogP contribution is 2.34. The van der Waals surface area contributed by atoms with Gasteiger partial charge in [0.2, 0.25) is 10.0 Å². The van der Waals surface area contributed by atoms with Gasteiger partial charge in [0.15, 0.2) is 0 Å². The van der Waals surface area contributed by atoms with Gasteiger partial charge in [0.05, 0.1) is 4.75 Å². The summed E-state index contributed by atoms with van der Waals surface area (Å²) in [4.78, 5) is 0. The summed E-state index contributed by atoms with van der Waals surface area (Å²) >= 11 is 0. The van der Waals surface area contributed by atoms with Gasteiger partial charge in [-0.2, -0.15) is 0 Å². The average molecular weight is 163 g/mol. The standard InChI is InChI=1S/C6H13NO2S/c1-6(10(7,8)9)4-2-3-5-6/h2-5H2,1H3,(H2,7,8,9). The SMILES string of the molecule is CC1(S(N)(=O)=O)CCCC1. The van der Waals surface area contributed by atoms with Gasteiger partial charge in [0, 0.05) is 0 Å². The molecule has 0 amide bonds. The second-order valence-corrected chi connectivity index (χ2v) is 5.28. The van der Waals surface area contributed by atoms with Crippen molar-refractivity contribution in [2.45, 2.75) is 37.4 Å². The third kappa shape index (κ3) is 1.18. The molecule has 0 spiro atoms. The molecule has 1 saturated carbocycles. The van der Waals surface area contributed by atoms with Crippen LogP contribution in [0.4, 0.5) is 0 Å². The molecule has 0 atom stereocenters. The number of sulfonamides is 1. The quantitative estimate of drug-likeness (QED) is 0.615. The first-order valence-corrected chi connectivity index (χ1v) is 5.03. The van der Waals surface area contributed by atoms with Crippen molar-refractivity contribution in [3.63, 3.8) is 0 Å². The molecule has 0 aromatic heterocycles. The van der Waals surface area contributed by atoms with Crippen molar-refractivity contribution in [3.8, 4) is 0 Å². The van der Waals surface area contributed by atoms with Gasteiger partial charge < -0.3 is 0 Å². The molecule has 1 rings (SSSR count). The summed E-state index contributed by atoms with van der Waals surface area (Å²) in [6.07, 6.45) is 3.44. The van der Waals surface area contributed by atoms with E-state index in [4.69, 9.17) is 5.14 Å². The lowest BCUT2D eigenvalue weighted by Crippen LogP contribution is -2.37. The lowest BCUT2D eigenvalue weighted by Gasteiger charge is -2.19. The Kier molecular flexibility index (Phi) is 1.76. The molecule has 0 aromatic carbocycles. The zero-order valence-electron chi connectivity index (χ0n) is 6.13. The Bertz CT molecular complexity index is 214. The van der Waals surface area contributed by atoms with Gasteiger partial charge in [-0.1, -0.05) is 12.8 Å². The maximum absolute atomic E-state index is 10.9. The monoisotopic (exact) mass is 163 g/mol. The van der Waals surface area contributed by atoms with Gasteiger partial charge in [-0.25, -0.2) is 13.6 Å². The van der Waals surface area contributed by atoms with E-state index < -0.39 is 14.8 Å². The second kappa shape index (κ2) is 2.20.